The lowest BCUT2D eigenvalue weighted by molar-refractivity contribution is -0.117. The van der Waals surface area contributed by atoms with Crippen LogP contribution in [0.5, 0.6) is 11.5 Å². The summed E-state index contributed by atoms with van der Waals surface area (Å²) < 4.78 is 15.7. The van der Waals surface area contributed by atoms with Gasteiger partial charge in [-0.2, -0.15) is 5.26 Å². The minimum atomic E-state index is -0.446. The summed E-state index contributed by atoms with van der Waals surface area (Å²) >= 11 is 6.07. The van der Waals surface area contributed by atoms with E-state index in [1.807, 2.05) is 6.07 Å². The number of nitriles is 1. The normalized spacial score (nSPS) is 15.0. The monoisotopic (exact) mass is 394 g/mol. The van der Waals surface area contributed by atoms with E-state index in [1.165, 1.54) is 20.4 Å². The summed E-state index contributed by atoms with van der Waals surface area (Å²) in [6.45, 7) is 4.26. The fourth-order valence-electron chi connectivity index (χ4n) is 2.52. The van der Waals surface area contributed by atoms with Crippen molar-refractivity contribution in [3.05, 3.63) is 28.9 Å². The Labute approximate surface area is 163 Å². The van der Waals surface area contributed by atoms with E-state index in [1.54, 1.807) is 12.1 Å². The van der Waals surface area contributed by atoms with E-state index >= 15 is 0 Å². The number of hydrogen-bond acceptors (Lipinski definition) is 7. The number of carbonyl (C=O) groups excluding carboxylic acids is 1. The summed E-state index contributed by atoms with van der Waals surface area (Å²) in [6.07, 6.45) is 1.33. The molecule has 1 saturated heterocycles. The molecule has 0 unspecified atom stereocenters. The summed E-state index contributed by atoms with van der Waals surface area (Å²) in [4.78, 5) is 14.4. The van der Waals surface area contributed by atoms with Crippen LogP contribution in [-0.2, 0) is 9.53 Å². The molecule has 8 nitrogen and oxygen atoms in total. The lowest BCUT2D eigenvalue weighted by Crippen LogP contribution is -2.41. The Morgan fingerprint density at radius 3 is 2.67 bits per heavy atom. The van der Waals surface area contributed by atoms with E-state index in [4.69, 9.17) is 25.8 Å². The molecule has 27 heavy (non-hydrogen) atoms. The van der Waals surface area contributed by atoms with Gasteiger partial charge >= 0.3 is 0 Å². The fraction of sp³-hybridized carbons (Fsp3) is 0.444. The summed E-state index contributed by atoms with van der Waals surface area (Å²) in [5.74, 6) is 0.460. The highest BCUT2D eigenvalue weighted by Gasteiger charge is 2.13. The summed E-state index contributed by atoms with van der Waals surface area (Å²) in [5.41, 5.74) is 0.473. The summed E-state index contributed by atoms with van der Waals surface area (Å²) in [5, 5.41) is 15.3. The van der Waals surface area contributed by atoms with Crippen molar-refractivity contribution in [2.24, 2.45) is 0 Å². The van der Waals surface area contributed by atoms with Gasteiger partial charge in [0.25, 0.3) is 5.91 Å². The van der Waals surface area contributed by atoms with Crippen molar-refractivity contribution in [2.75, 3.05) is 58.9 Å². The molecule has 0 aromatic heterocycles. The Bertz CT molecular complexity index is 727. The molecule has 1 amide bonds. The van der Waals surface area contributed by atoms with Gasteiger partial charge in [0.1, 0.15) is 23.1 Å². The first-order valence-corrected chi connectivity index (χ1v) is 8.83. The summed E-state index contributed by atoms with van der Waals surface area (Å²) in [6, 6.07) is 5.11. The average molecular weight is 395 g/mol. The number of nitrogens with one attached hydrogen (secondary N) is 2. The number of nitrogens with zero attached hydrogens (tertiary/aromatic N) is 2. The highest BCUT2D eigenvalue weighted by Crippen LogP contribution is 2.35. The lowest BCUT2D eigenvalue weighted by atomic mass is 10.2. The summed E-state index contributed by atoms with van der Waals surface area (Å²) in [7, 11) is 2.99. The number of carbonyl (C=O) groups is 1. The van der Waals surface area contributed by atoms with Crippen molar-refractivity contribution >= 4 is 23.2 Å². The van der Waals surface area contributed by atoms with Gasteiger partial charge < -0.3 is 24.8 Å². The number of morpholine rings is 1. The largest absolute Gasteiger partial charge is 0.495 e. The zero-order valence-electron chi connectivity index (χ0n) is 15.4. The highest BCUT2D eigenvalue weighted by molar-refractivity contribution is 6.32. The molecule has 1 heterocycles. The number of benzene rings is 1. The Kier molecular flexibility index (Phi) is 8.20. The molecule has 0 radical (unpaired) electrons. The number of anilines is 1. The van der Waals surface area contributed by atoms with Crippen LogP contribution >= 0.6 is 11.6 Å². The van der Waals surface area contributed by atoms with Gasteiger partial charge in [0.05, 0.1) is 38.1 Å². The lowest BCUT2D eigenvalue weighted by Gasteiger charge is -2.26. The third kappa shape index (κ3) is 6.03. The minimum absolute atomic E-state index is 0.0482. The highest BCUT2D eigenvalue weighted by atomic mass is 35.5. The maximum Gasteiger partial charge on any atom is 0.263 e. The maximum absolute atomic E-state index is 12.2. The van der Waals surface area contributed by atoms with Crippen molar-refractivity contribution in [1.29, 1.82) is 5.26 Å². The second kappa shape index (κ2) is 10.6. The number of ether oxygens (including phenoxy) is 3. The topological polar surface area (TPSA) is 95.8 Å². The molecule has 0 aliphatic carbocycles. The van der Waals surface area contributed by atoms with Crippen molar-refractivity contribution in [2.45, 2.75) is 0 Å². The van der Waals surface area contributed by atoms with Crippen LogP contribution in [0.1, 0.15) is 0 Å². The molecule has 0 spiro atoms. The van der Waals surface area contributed by atoms with E-state index in [0.717, 1.165) is 13.1 Å². The average Bonchev–Trinajstić information content (AvgIpc) is 2.69. The van der Waals surface area contributed by atoms with Gasteiger partial charge in [-0.25, -0.2) is 0 Å². The first kappa shape index (κ1) is 20.8. The van der Waals surface area contributed by atoms with Crippen LogP contribution in [0.2, 0.25) is 5.02 Å². The number of methoxy groups -OCH3 is 2. The van der Waals surface area contributed by atoms with Gasteiger partial charge in [-0.1, -0.05) is 11.6 Å². The molecule has 1 aliphatic rings. The third-order valence-corrected chi connectivity index (χ3v) is 4.32. The van der Waals surface area contributed by atoms with E-state index in [2.05, 4.69) is 15.5 Å². The van der Waals surface area contributed by atoms with E-state index in [-0.39, 0.29) is 5.57 Å². The van der Waals surface area contributed by atoms with E-state index in [9.17, 15) is 10.1 Å². The smallest absolute Gasteiger partial charge is 0.263 e. The molecule has 1 aromatic rings. The predicted octanol–water partition coefficient (Wildman–Crippen LogP) is 1.62. The van der Waals surface area contributed by atoms with Crippen LogP contribution in [0, 0.1) is 11.3 Å². The molecule has 9 heteroatoms. The second-order valence-corrected chi connectivity index (χ2v) is 6.12. The van der Waals surface area contributed by atoms with Crippen LogP contribution in [0.4, 0.5) is 5.69 Å². The van der Waals surface area contributed by atoms with Gasteiger partial charge in [0.15, 0.2) is 0 Å². The van der Waals surface area contributed by atoms with Crippen LogP contribution in [0.25, 0.3) is 0 Å². The van der Waals surface area contributed by atoms with E-state index < -0.39 is 5.91 Å². The standard InChI is InChI=1S/C18H23ClN4O4/c1-25-16-10-15(17(26-2)9-14(16)19)22-12-13(11-20)18(24)21-3-4-23-5-7-27-8-6-23/h9-10,12,22H,3-8H2,1-2H3,(H,21,24)/b13-12-. The van der Waals surface area contributed by atoms with Gasteiger partial charge in [-0.05, 0) is 0 Å². The number of amides is 1. The molecule has 1 aromatic carbocycles. The molecule has 0 bridgehead atoms. The number of halogens is 1. The Morgan fingerprint density at radius 1 is 1.33 bits per heavy atom. The molecular formula is C18H23ClN4O4. The predicted molar refractivity (Wildman–Crippen MR) is 102 cm³/mol. The fourth-order valence-corrected chi connectivity index (χ4v) is 2.75. The second-order valence-electron chi connectivity index (χ2n) is 5.71. The van der Waals surface area contributed by atoms with Crippen LogP contribution in [0.3, 0.4) is 0 Å². The van der Waals surface area contributed by atoms with Crippen molar-refractivity contribution in [3.8, 4) is 17.6 Å². The van der Waals surface area contributed by atoms with Crippen molar-refractivity contribution in [1.82, 2.24) is 10.2 Å². The number of hydrogen-bond donors (Lipinski definition) is 2. The first-order chi connectivity index (χ1) is 13.1. The van der Waals surface area contributed by atoms with Crippen molar-refractivity contribution < 1.29 is 19.0 Å². The molecule has 1 aliphatic heterocycles. The maximum atomic E-state index is 12.2. The minimum Gasteiger partial charge on any atom is -0.495 e. The van der Waals surface area contributed by atoms with Crippen LogP contribution in [0.15, 0.2) is 23.9 Å². The van der Waals surface area contributed by atoms with Gasteiger partial charge in [-0.15, -0.1) is 0 Å². The third-order valence-electron chi connectivity index (χ3n) is 4.03. The Hall–Kier alpha value is -2.47. The van der Waals surface area contributed by atoms with E-state index in [0.29, 0.717) is 48.5 Å². The van der Waals surface area contributed by atoms with Crippen molar-refractivity contribution in [3.63, 3.8) is 0 Å². The SMILES string of the molecule is COc1cc(N/C=C(/C#N)C(=O)NCCN2CCOCC2)c(OC)cc1Cl. The molecule has 0 saturated carbocycles. The number of rotatable bonds is 8. The Balaban J connectivity index is 1.96. The molecule has 1 fully saturated rings. The van der Waals surface area contributed by atoms with Crippen LogP contribution < -0.4 is 20.1 Å². The van der Waals surface area contributed by atoms with Gasteiger partial charge in [-0.3, -0.25) is 9.69 Å². The zero-order valence-corrected chi connectivity index (χ0v) is 16.1. The zero-order chi connectivity index (χ0) is 19.6. The molecular weight excluding hydrogens is 372 g/mol. The Morgan fingerprint density at radius 2 is 2.04 bits per heavy atom. The molecule has 0 atom stereocenters. The van der Waals surface area contributed by atoms with Crippen LogP contribution in [-0.4, -0.2) is 64.4 Å². The molecule has 2 N–H and O–H groups in total. The first-order valence-electron chi connectivity index (χ1n) is 8.45. The quantitative estimate of drug-likeness (QED) is 0.511. The van der Waals surface area contributed by atoms with Gasteiger partial charge in [0, 0.05) is 44.5 Å². The molecule has 146 valence electrons. The molecule has 2 rings (SSSR count). The van der Waals surface area contributed by atoms with Gasteiger partial charge in [0.2, 0.25) is 0 Å².